The largest absolute Gasteiger partial charge is 0.378 e. The second-order valence-corrected chi connectivity index (χ2v) is 9.76. The molecule has 1 aromatic heterocycles. The number of thioether (sulfide) groups is 1. The van der Waals surface area contributed by atoms with Crippen LogP contribution in [0.15, 0.2) is 29.3 Å². The molecule has 1 amide bonds. The molecule has 0 spiro atoms. The Morgan fingerprint density at radius 2 is 2.12 bits per heavy atom. The van der Waals surface area contributed by atoms with E-state index in [1.807, 2.05) is 13.8 Å². The molecular weight excluding hydrogens is 448 g/mol. The van der Waals surface area contributed by atoms with E-state index in [1.165, 1.54) is 11.8 Å². The summed E-state index contributed by atoms with van der Waals surface area (Å²) in [5.41, 5.74) is 2.74. The number of halogens is 1. The van der Waals surface area contributed by atoms with Crippen molar-refractivity contribution in [3.05, 3.63) is 46.0 Å². The van der Waals surface area contributed by atoms with Gasteiger partial charge in [-0.3, -0.25) is 4.79 Å². The van der Waals surface area contributed by atoms with Gasteiger partial charge in [0.1, 0.15) is 16.9 Å². The van der Waals surface area contributed by atoms with Crippen molar-refractivity contribution in [2.45, 2.75) is 37.5 Å². The second-order valence-electron chi connectivity index (χ2n) is 8.36. The van der Waals surface area contributed by atoms with Gasteiger partial charge in [-0.2, -0.15) is 5.26 Å². The summed E-state index contributed by atoms with van der Waals surface area (Å²) in [5, 5.41) is 14.0. The van der Waals surface area contributed by atoms with Gasteiger partial charge in [0.2, 0.25) is 5.91 Å². The lowest BCUT2D eigenvalue weighted by Crippen LogP contribution is -2.39. The molecule has 1 saturated heterocycles. The van der Waals surface area contributed by atoms with Crippen molar-refractivity contribution in [2.24, 2.45) is 0 Å². The van der Waals surface area contributed by atoms with E-state index in [1.54, 1.807) is 24.3 Å². The molecule has 0 aliphatic carbocycles. The third-order valence-corrected chi connectivity index (χ3v) is 6.65. The van der Waals surface area contributed by atoms with Crippen LogP contribution in [0.1, 0.15) is 30.5 Å². The van der Waals surface area contributed by atoms with Crippen LogP contribution in [-0.4, -0.2) is 48.5 Å². The van der Waals surface area contributed by atoms with Gasteiger partial charge in [0.25, 0.3) is 0 Å². The van der Waals surface area contributed by atoms with E-state index in [9.17, 15) is 10.1 Å². The number of morpholine rings is 1. The first-order valence-corrected chi connectivity index (χ1v) is 11.8. The maximum absolute atomic E-state index is 12.5. The minimum absolute atomic E-state index is 0.134. The number of hydrogen-bond donors (Lipinski definition) is 1. The molecule has 0 radical (unpaired) electrons. The van der Waals surface area contributed by atoms with E-state index in [0.29, 0.717) is 47.5 Å². The number of nitrogens with one attached hydrogen (secondary N) is 1. The van der Waals surface area contributed by atoms with E-state index in [4.69, 9.17) is 26.1 Å². The number of ether oxygens (including phenoxy) is 2. The molecule has 3 heterocycles. The molecule has 7 nitrogen and oxygen atoms in total. The zero-order valence-electron chi connectivity index (χ0n) is 18.1. The number of nitrogens with zero attached hydrogens (tertiary/aromatic N) is 3. The van der Waals surface area contributed by atoms with Crippen molar-refractivity contribution >= 4 is 40.8 Å². The quantitative estimate of drug-likeness (QED) is 0.657. The number of nitriles is 1. The van der Waals surface area contributed by atoms with E-state index in [2.05, 4.69) is 16.3 Å². The predicted molar refractivity (Wildman–Crippen MR) is 125 cm³/mol. The molecule has 9 heteroatoms. The first-order chi connectivity index (χ1) is 15.4. The number of pyridine rings is 1. The molecule has 4 rings (SSSR count). The SMILES string of the molecule is CC1(C)Cc2c(C#N)c(SCC(=O)Nc3cccc(Cl)c3)nc(N3CCOCC3)c2CO1. The zero-order valence-corrected chi connectivity index (χ0v) is 19.7. The van der Waals surface area contributed by atoms with Gasteiger partial charge in [0, 0.05) is 35.8 Å². The summed E-state index contributed by atoms with van der Waals surface area (Å²) in [6, 6.07) is 9.35. The molecule has 1 aromatic carbocycles. The van der Waals surface area contributed by atoms with Crippen molar-refractivity contribution < 1.29 is 14.3 Å². The van der Waals surface area contributed by atoms with Crippen LogP contribution in [0.5, 0.6) is 0 Å². The second kappa shape index (κ2) is 9.67. The molecule has 2 aliphatic heterocycles. The van der Waals surface area contributed by atoms with Gasteiger partial charge in [0.05, 0.1) is 36.7 Å². The summed E-state index contributed by atoms with van der Waals surface area (Å²) in [5.74, 6) is 0.780. The van der Waals surface area contributed by atoms with Gasteiger partial charge in [-0.15, -0.1) is 0 Å². The Morgan fingerprint density at radius 1 is 1.34 bits per heavy atom. The van der Waals surface area contributed by atoms with Crippen LogP contribution in [-0.2, 0) is 27.3 Å². The lowest BCUT2D eigenvalue weighted by Gasteiger charge is -2.36. The van der Waals surface area contributed by atoms with E-state index in [0.717, 1.165) is 30.0 Å². The van der Waals surface area contributed by atoms with Crippen LogP contribution in [0.25, 0.3) is 0 Å². The number of carbonyl (C=O) groups excluding carboxylic acids is 1. The molecule has 0 saturated carbocycles. The molecule has 0 bridgehead atoms. The number of amides is 1. The molecule has 32 heavy (non-hydrogen) atoms. The standard InChI is InChI=1S/C23H25ClN4O3S/c1-23(2)11-17-18(12-25)22(32-14-20(29)26-16-5-3-4-15(24)10-16)27-21(19(17)13-31-23)28-6-8-30-9-7-28/h3-5,10H,6-9,11,13-14H2,1-2H3,(H,26,29). The smallest absolute Gasteiger partial charge is 0.234 e. The highest BCUT2D eigenvalue weighted by Crippen LogP contribution is 2.38. The number of hydrogen-bond acceptors (Lipinski definition) is 7. The minimum Gasteiger partial charge on any atom is -0.378 e. The molecular formula is C23H25ClN4O3S. The van der Waals surface area contributed by atoms with Crippen molar-refractivity contribution in [2.75, 3.05) is 42.3 Å². The van der Waals surface area contributed by atoms with Crippen molar-refractivity contribution in [3.63, 3.8) is 0 Å². The Balaban J connectivity index is 1.62. The van der Waals surface area contributed by atoms with Gasteiger partial charge in [-0.1, -0.05) is 29.4 Å². The first-order valence-electron chi connectivity index (χ1n) is 10.5. The molecule has 0 unspecified atom stereocenters. The van der Waals surface area contributed by atoms with Gasteiger partial charge in [-0.05, 0) is 37.6 Å². The van der Waals surface area contributed by atoms with Crippen LogP contribution < -0.4 is 10.2 Å². The highest BCUT2D eigenvalue weighted by molar-refractivity contribution is 8.00. The third kappa shape index (κ3) is 5.18. The van der Waals surface area contributed by atoms with Gasteiger partial charge in [-0.25, -0.2) is 4.98 Å². The van der Waals surface area contributed by atoms with Crippen molar-refractivity contribution in [3.8, 4) is 6.07 Å². The average molecular weight is 473 g/mol. The number of anilines is 2. The van der Waals surface area contributed by atoms with Crippen molar-refractivity contribution in [1.29, 1.82) is 5.26 Å². The van der Waals surface area contributed by atoms with Crippen LogP contribution in [0.2, 0.25) is 5.02 Å². The van der Waals surface area contributed by atoms with Crippen LogP contribution in [0.3, 0.4) is 0 Å². The molecule has 2 aliphatic rings. The van der Waals surface area contributed by atoms with Gasteiger partial charge >= 0.3 is 0 Å². The van der Waals surface area contributed by atoms with Crippen LogP contribution in [0, 0.1) is 11.3 Å². The Labute approximate surface area is 197 Å². The molecule has 168 valence electrons. The fourth-order valence-corrected chi connectivity index (χ4v) is 4.87. The zero-order chi connectivity index (χ0) is 22.7. The Hall–Kier alpha value is -2.31. The number of benzene rings is 1. The predicted octanol–water partition coefficient (Wildman–Crippen LogP) is 4.03. The monoisotopic (exact) mass is 472 g/mol. The molecule has 0 atom stereocenters. The number of aromatic nitrogens is 1. The first kappa shape index (κ1) is 22.9. The Morgan fingerprint density at radius 3 is 2.84 bits per heavy atom. The highest BCUT2D eigenvalue weighted by atomic mass is 35.5. The molecule has 1 N–H and O–H groups in total. The normalized spacial score (nSPS) is 17.4. The Bertz CT molecular complexity index is 1060. The third-order valence-electron chi connectivity index (χ3n) is 5.44. The van der Waals surface area contributed by atoms with Gasteiger partial charge < -0.3 is 19.7 Å². The number of fused-ring (bicyclic) bond motifs is 1. The summed E-state index contributed by atoms with van der Waals surface area (Å²) in [6.07, 6.45) is 0.618. The van der Waals surface area contributed by atoms with E-state index < -0.39 is 0 Å². The van der Waals surface area contributed by atoms with Crippen LogP contribution in [0.4, 0.5) is 11.5 Å². The molecule has 2 aromatic rings. The van der Waals surface area contributed by atoms with Gasteiger partial charge in [0.15, 0.2) is 0 Å². The lowest BCUT2D eigenvalue weighted by atomic mass is 9.89. The average Bonchev–Trinajstić information content (AvgIpc) is 2.77. The van der Waals surface area contributed by atoms with E-state index >= 15 is 0 Å². The maximum Gasteiger partial charge on any atom is 0.234 e. The van der Waals surface area contributed by atoms with Crippen LogP contribution >= 0.6 is 23.4 Å². The topological polar surface area (TPSA) is 87.5 Å². The molecule has 1 fully saturated rings. The lowest BCUT2D eigenvalue weighted by molar-refractivity contribution is -0.113. The van der Waals surface area contributed by atoms with Crippen molar-refractivity contribution in [1.82, 2.24) is 4.98 Å². The summed E-state index contributed by atoms with van der Waals surface area (Å²) in [4.78, 5) is 19.6. The number of rotatable bonds is 5. The number of carbonyl (C=O) groups is 1. The summed E-state index contributed by atoms with van der Waals surface area (Å²) in [7, 11) is 0. The summed E-state index contributed by atoms with van der Waals surface area (Å²) < 4.78 is 11.5. The summed E-state index contributed by atoms with van der Waals surface area (Å²) >= 11 is 7.27. The summed E-state index contributed by atoms with van der Waals surface area (Å²) in [6.45, 7) is 7.19. The Kier molecular flexibility index (Phi) is 6.91. The maximum atomic E-state index is 12.5. The fraction of sp³-hybridized carbons (Fsp3) is 0.435. The minimum atomic E-state index is -0.367. The van der Waals surface area contributed by atoms with E-state index in [-0.39, 0.29) is 17.3 Å². The fourth-order valence-electron chi connectivity index (χ4n) is 3.88. The highest BCUT2D eigenvalue weighted by Gasteiger charge is 2.33.